The van der Waals surface area contributed by atoms with Crippen LogP contribution in [0.25, 0.3) is 11.1 Å². The minimum Gasteiger partial charge on any atom is -0.481 e. The first-order valence-corrected chi connectivity index (χ1v) is 5.59. The maximum atomic E-state index is 13.8. The van der Waals surface area contributed by atoms with Gasteiger partial charge in [0.15, 0.2) is 6.29 Å². The molecule has 0 aliphatic rings. The van der Waals surface area contributed by atoms with E-state index in [2.05, 4.69) is 4.98 Å². The molecule has 2 aromatic rings. The Morgan fingerprint density at radius 1 is 1.35 bits per heavy atom. The van der Waals surface area contributed by atoms with Gasteiger partial charge >= 0.3 is 5.97 Å². The van der Waals surface area contributed by atoms with Crippen molar-refractivity contribution >= 4 is 12.3 Å². The molecule has 0 amide bonds. The van der Waals surface area contributed by atoms with Gasteiger partial charge in [-0.05, 0) is 17.7 Å². The third-order valence-corrected chi connectivity index (χ3v) is 2.76. The average molecular weight is 275 g/mol. The fourth-order valence-electron chi connectivity index (χ4n) is 1.78. The van der Waals surface area contributed by atoms with E-state index < -0.39 is 11.8 Å². The smallest absolute Gasteiger partial charge is 0.335 e. The zero-order valence-electron chi connectivity index (χ0n) is 10.5. The number of hydrogen-bond acceptors (Lipinski definition) is 4. The van der Waals surface area contributed by atoms with Crippen LogP contribution in [-0.2, 0) is 0 Å². The van der Waals surface area contributed by atoms with Gasteiger partial charge in [0, 0.05) is 17.2 Å². The predicted octanol–water partition coefficient (Wildman–Crippen LogP) is 2.41. The van der Waals surface area contributed by atoms with Crippen LogP contribution in [0.5, 0.6) is 5.88 Å². The number of carboxylic acids is 1. The van der Waals surface area contributed by atoms with Gasteiger partial charge < -0.3 is 9.84 Å². The summed E-state index contributed by atoms with van der Waals surface area (Å²) in [5, 5.41) is 8.88. The van der Waals surface area contributed by atoms with E-state index >= 15 is 0 Å². The van der Waals surface area contributed by atoms with Gasteiger partial charge in [-0.25, -0.2) is 14.2 Å². The Bertz CT molecular complexity index is 685. The molecule has 0 fully saturated rings. The Hall–Kier alpha value is -2.76. The summed E-state index contributed by atoms with van der Waals surface area (Å²) in [4.78, 5) is 25.6. The fourth-order valence-corrected chi connectivity index (χ4v) is 1.78. The van der Waals surface area contributed by atoms with Crippen molar-refractivity contribution in [1.82, 2.24) is 4.98 Å². The van der Waals surface area contributed by atoms with Crippen molar-refractivity contribution in [2.24, 2.45) is 0 Å². The molecular formula is C14H10FNO4. The number of pyridine rings is 1. The molecule has 0 aliphatic heterocycles. The summed E-state index contributed by atoms with van der Waals surface area (Å²) in [7, 11) is 1.39. The van der Waals surface area contributed by atoms with Crippen LogP contribution in [0.2, 0.25) is 0 Å². The lowest BCUT2D eigenvalue weighted by Gasteiger charge is -2.08. The number of ether oxygens (including phenoxy) is 1. The molecule has 0 saturated carbocycles. The van der Waals surface area contributed by atoms with Crippen LogP contribution in [0.15, 0.2) is 30.5 Å². The molecule has 1 N–H and O–H groups in total. The van der Waals surface area contributed by atoms with Gasteiger partial charge in [0.1, 0.15) is 5.82 Å². The van der Waals surface area contributed by atoms with Gasteiger partial charge in [-0.15, -0.1) is 0 Å². The lowest BCUT2D eigenvalue weighted by molar-refractivity contribution is 0.0697. The Labute approximate surface area is 113 Å². The van der Waals surface area contributed by atoms with Crippen LogP contribution in [-0.4, -0.2) is 29.5 Å². The van der Waals surface area contributed by atoms with E-state index in [0.29, 0.717) is 6.29 Å². The minimum atomic E-state index is -1.16. The molecule has 0 aliphatic carbocycles. The van der Waals surface area contributed by atoms with E-state index in [-0.39, 0.29) is 28.1 Å². The third-order valence-electron chi connectivity index (χ3n) is 2.76. The van der Waals surface area contributed by atoms with Crippen molar-refractivity contribution < 1.29 is 23.8 Å². The molecule has 0 unspecified atom stereocenters. The predicted molar refractivity (Wildman–Crippen MR) is 68.5 cm³/mol. The second-order valence-electron chi connectivity index (χ2n) is 3.93. The van der Waals surface area contributed by atoms with Crippen LogP contribution in [0.3, 0.4) is 0 Å². The highest BCUT2D eigenvalue weighted by atomic mass is 19.1. The van der Waals surface area contributed by atoms with E-state index in [1.165, 1.54) is 31.4 Å². The summed E-state index contributed by atoms with van der Waals surface area (Å²) in [5.74, 6) is -1.59. The average Bonchev–Trinajstić information content (AvgIpc) is 2.47. The van der Waals surface area contributed by atoms with Crippen molar-refractivity contribution in [2.75, 3.05) is 7.11 Å². The number of aldehydes is 1. The van der Waals surface area contributed by atoms with Crippen molar-refractivity contribution in [2.45, 2.75) is 0 Å². The third kappa shape index (κ3) is 2.49. The highest BCUT2D eigenvalue weighted by molar-refractivity contribution is 5.94. The molecule has 0 spiro atoms. The molecule has 1 aromatic carbocycles. The van der Waals surface area contributed by atoms with Crippen molar-refractivity contribution in [3.63, 3.8) is 0 Å². The van der Waals surface area contributed by atoms with Crippen molar-refractivity contribution in [3.05, 3.63) is 47.4 Å². The van der Waals surface area contributed by atoms with Crippen LogP contribution >= 0.6 is 0 Å². The molecular weight excluding hydrogens is 265 g/mol. The lowest BCUT2D eigenvalue weighted by Crippen LogP contribution is -2.00. The first kappa shape index (κ1) is 13.7. The molecule has 0 bridgehead atoms. The minimum absolute atomic E-state index is 0.0442. The number of carbonyl (C=O) groups is 2. The topological polar surface area (TPSA) is 76.5 Å². The maximum absolute atomic E-state index is 13.8. The Balaban J connectivity index is 2.63. The summed E-state index contributed by atoms with van der Waals surface area (Å²) in [6.07, 6.45) is 1.46. The van der Waals surface area contributed by atoms with Crippen molar-refractivity contribution in [1.29, 1.82) is 0 Å². The standard InChI is InChI=1S/C14H10FNO4/c1-20-13-5-11(12(15)6-16-13)10-3-2-8(14(18)19)4-9(10)7-17/h2-7H,1H3,(H,18,19). The summed E-state index contributed by atoms with van der Waals surface area (Å²) in [6, 6.07) is 5.22. The second kappa shape index (κ2) is 5.48. The van der Waals surface area contributed by atoms with Gasteiger partial charge in [-0.2, -0.15) is 0 Å². The zero-order valence-corrected chi connectivity index (χ0v) is 10.5. The van der Waals surface area contributed by atoms with E-state index in [9.17, 15) is 14.0 Å². The summed E-state index contributed by atoms with van der Waals surface area (Å²) in [5.41, 5.74) is 0.438. The molecule has 1 heterocycles. The monoisotopic (exact) mass is 275 g/mol. The summed E-state index contributed by atoms with van der Waals surface area (Å²) >= 11 is 0. The molecule has 102 valence electrons. The Morgan fingerprint density at radius 3 is 2.70 bits per heavy atom. The van der Waals surface area contributed by atoms with Crippen LogP contribution < -0.4 is 4.74 Å². The van der Waals surface area contributed by atoms with Gasteiger partial charge in [0.2, 0.25) is 5.88 Å². The lowest BCUT2D eigenvalue weighted by atomic mass is 9.98. The zero-order chi connectivity index (χ0) is 14.7. The van der Waals surface area contributed by atoms with E-state index in [4.69, 9.17) is 9.84 Å². The van der Waals surface area contributed by atoms with Gasteiger partial charge in [-0.1, -0.05) is 6.07 Å². The quantitative estimate of drug-likeness (QED) is 0.867. The maximum Gasteiger partial charge on any atom is 0.335 e. The summed E-state index contributed by atoms with van der Waals surface area (Å²) < 4.78 is 18.7. The number of carbonyl (C=O) groups excluding carboxylic acids is 1. The van der Waals surface area contributed by atoms with Gasteiger partial charge in [-0.3, -0.25) is 4.79 Å². The number of methoxy groups -OCH3 is 1. The van der Waals surface area contributed by atoms with Crippen LogP contribution in [0, 0.1) is 5.82 Å². The largest absolute Gasteiger partial charge is 0.481 e. The SMILES string of the molecule is COc1cc(-c2ccc(C(=O)O)cc2C=O)c(F)cn1. The second-order valence-corrected chi connectivity index (χ2v) is 3.93. The number of benzene rings is 1. The highest BCUT2D eigenvalue weighted by Crippen LogP contribution is 2.28. The molecule has 1 aromatic heterocycles. The number of aromatic carboxylic acids is 1. The van der Waals surface area contributed by atoms with Crippen LogP contribution in [0.4, 0.5) is 4.39 Å². The van der Waals surface area contributed by atoms with E-state index in [1.807, 2.05) is 0 Å². The molecule has 2 rings (SSSR count). The van der Waals surface area contributed by atoms with Gasteiger partial charge in [0.05, 0.1) is 18.9 Å². The highest BCUT2D eigenvalue weighted by Gasteiger charge is 2.14. The number of aromatic nitrogens is 1. The van der Waals surface area contributed by atoms with E-state index in [1.54, 1.807) is 0 Å². The first-order chi connectivity index (χ1) is 9.56. The Kier molecular flexibility index (Phi) is 3.74. The number of nitrogens with zero attached hydrogens (tertiary/aromatic N) is 1. The summed E-state index contributed by atoms with van der Waals surface area (Å²) in [6.45, 7) is 0. The fraction of sp³-hybridized carbons (Fsp3) is 0.0714. The molecule has 6 heteroatoms. The van der Waals surface area contributed by atoms with Crippen LogP contribution in [0.1, 0.15) is 20.7 Å². The normalized spacial score (nSPS) is 10.1. The number of carboxylic acid groups (broad SMARTS) is 1. The number of halogens is 1. The first-order valence-electron chi connectivity index (χ1n) is 5.59. The van der Waals surface area contributed by atoms with Gasteiger partial charge in [0.25, 0.3) is 0 Å². The molecule has 20 heavy (non-hydrogen) atoms. The van der Waals surface area contributed by atoms with E-state index in [0.717, 1.165) is 6.20 Å². The molecule has 0 radical (unpaired) electrons. The molecule has 0 atom stereocenters. The number of rotatable bonds is 4. The molecule has 0 saturated heterocycles. The molecule has 5 nitrogen and oxygen atoms in total. The van der Waals surface area contributed by atoms with Crippen molar-refractivity contribution in [3.8, 4) is 17.0 Å². The number of hydrogen-bond donors (Lipinski definition) is 1. The Morgan fingerprint density at radius 2 is 2.10 bits per heavy atom.